The zero-order chi connectivity index (χ0) is 40.1. The summed E-state index contributed by atoms with van der Waals surface area (Å²) < 4.78 is 0. The van der Waals surface area contributed by atoms with Gasteiger partial charge in [-0.15, -0.1) is 0 Å². The quantitative estimate of drug-likeness (QED) is 0.117. The average molecular weight is 747 g/mol. The second-order valence-corrected chi connectivity index (χ2v) is 15.4. The number of rotatable bonds is 12. The molecule has 7 aromatic rings. The number of hydrogen-bond donors (Lipinski definition) is 0. The molecule has 0 saturated carbocycles. The molecule has 0 aromatic heterocycles. The number of benzene rings is 5. The van der Waals surface area contributed by atoms with Gasteiger partial charge in [-0.05, 0) is 134 Å². The predicted molar refractivity (Wildman–Crippen MR) is 245 cm³/mol. The van der Waals surface area contributed by atoms with Gasteiger partial charge in [-0.2, -0.15) is 0 Å². The summed E-state index contributed by atoms with van der Waals surface area (Å²) in [5.41, 5.74) is 5.15. The first kappa shape index (κ1) is 39.7. The van der Waals surface area contributed by atoms with Crippen LogP contribution in [0.5, 0.6) is 0 Å². The number of hydrogen-bond acceptors (Lipinski definition) is 0. The van der Waals surface area contributed by atoms with E-state index in [-0.39, 0.29) is 0 Å². The maximum Gasteiger partial charge on any atom is 0.0419 e. The topological polar surface area (TPSA) is 0 Å². The second kappa shape index (κ2) is 19.6. The van der Waals surface area contributed by atoms with Gasteiger partial charge in [0.1, 0.15) is 0 Å². The lowest BCUT2D eigenvalue weighted by Crippen LogP contribution is -1.84. The highest BCUT2D eigenvalue weighted by Crippen LogP contribution is 2.21. The molecule has 0 fully saturated rings. The zero-order valence-electron chi connectivity index (χ0n) is 34.6. The number of unbranched alkanes of at least 4 members (excludes halogenated alkanes) is 4. The maximum atomic E-state index is 3.52. The third-order valence-electron chi connectivity index (χ3n) is 10.8. The minimum absolute atomic E-state index is 0.820. The molecule has 0 heteroatoms. The van der Waals surface area contributed by atoms with Crippen LogP contribution >= 0.6 is 0 Å². The molecular weight excluding hydrogens is 697 g/mol. The monoisotopic (exact) mass is 746 g/mol. The molecule has 0 spiro atoms. The van der Waals surface area contributed by atoms with Gasteiger partial charge in [0.2, 0.25) is 0 Å². The van der Waals surface area contributed by atoms with E-state index in [1.807, 2.05) is 0 Å². The first-order valence-corrected chi connectivity index (χ1v) is 21.3. The van der Waals surface area contributed by atoms with Crippen molar-refractivity contribution in [3.8, 4) is 0 Å². The lowest BCUT2D eigenvalue weighted by Gasteiger charge is -2.00. The Morgan fingerprint density at radius 2 is 0.431 bits per heavy atom. The van der Waals surface area contributed by atoms with E-state index in [9.17, 15) is 0 Å². The fourth-order valence-electron chi connectivity index (χ4n) is 7.18. The molecule has 282 valence electrons. The van der Waals surface area contributed by atoms with Crippen LogP contribution in [0.15, 0.2) is 84.9 Å². The molecule has 0 heterocycles. The lowest BCUT2D eigenvalue weighted by molar-refractivity contribution is 0.796. The molecule has 7 rings (SSSR count). The van der Waals surface area contributed by atoms with Gasteiger partial charge in [-0.25, -0.2) is 0 Å². The van der Waals surface area contributed by atoms with Gasteiger partial charge < -0.3 is 0 Å². The van der Waals surface area contributed by atoms with Crippen LogP contribution in [0.1, 0.15) is 101 Å². The van der Waals surface area contributed by atoms with Crippen LogP contribution in [0.3, 0.4) is 0 Å². The Morgan fingerprint density at radius 1 is 0.241 bits per heavy atom. The summed E-state index contributed by atoms with van der Waals surface area (Å²) in [5, 5.41) is 10.7. The van der Waals surface area contributed by atoms with Crippen LogP contribution in [-0.4, -0.2) is 0 Å². The summed E-state index contributed by atoms with van der Waals surface area (Å²) in [7, 11) is 0. The molecule has 0 aliphatic heterocycles. The smallest absolute Gasteiger partial charge is 0.0419 e. The Labute approximate surface area is 347 Å². The van der Waals surface area contributed by atoms with Crippen LogP contribution in [0.25, 0.3) is 64.6 Å². The second-order valence-electron chi connectivity index (χ2n) is 15.4. The molecule has 7 aromatic carbocycles. The van der Waals surface area contributed by atoms with Crippen LogP contribution in [0.2, 0.25) is 0 Å². The highest BCUT2D eigenvalue weighted by Gasteiger charge is 2.01. The SMILES string of the molecule is CCCCc1ccc2c#cc3cc4c#cc5ccc(CCCC)cc5c#cc5cc(CCCC)ccc5c#cc4cc3c#cc3ccc(CCCC)cc3c#cc2c1. The minimum Gasteiger partial charge on any atom is -0.0654 e. The Kier molecular flexibility index (Phi) is 13.4. The molecule has 0 radical (unpaired) electrons. The normalized spacial score (nSPS) is 10.4. The van der Waals surface area contributed by atoms with E-state index in [1.165, 1.54) is 22.3 Å². The van der Waals surface area contributed by atoms with Crippen molar-refractivity contribution in [3.05, 3.63) is 180 Å². The van der Waals surface area contributed by atoms with Crippen LogP contribution in [-0.2, 0) is 25.7 Å². The average Bonchev–Trinajstić information content (AvgIpc) is 3.25. The summed E-state index contributed by atoms with van der Waals surface area (Å²) in [6.45, 7) is 8.93. The summed E-state index contributed by atoms with van der Waals surface area (Å²) in [6, 6.07) is 72.6. The molecule has 0 N–H and O–H groups in total. The van der Waals surface area contributed by atoms with Gasteiger partial charge in [-0.3, -0.25) is 0 Å². The van der Waals surface area contributed by atoms with Gasteiger partial charge in [0.15, 0.2) is 0 Å². The van der Waals surface area contributed by atoms with Crippen LogP contribution < -0.4 is 0 Å². The first-order chi connectivity index (χ1) is 28.5. The molecule has 0 unspecified atom stereocenters. The molecule has 0 amide bonds. The molecule has 0 saturated heterocycles. The third-order valence-corrected chi connectivity index (χ3v) is 10.8. The molecule has 0 nitrogen and oxygen atoms in total. The van der Waals surface area contributed by atoms with Gasteiger partial charge in [-0.1, -0.05) is 150 Å². The van der Waals surface area contributed by atoms with Gasteiger partial charge in [0, 0.05) is 64.6 Å². The molecule has 0 atom stereocenters. The lowest BCUT2D eigenvalue weighted by atomic mass is 10.0. The maximum absolute atomic E-state index is 3.52. The Bertz CT molecular complexity index is 2360. The van der Waals surface area contributed by atoms with Crippen molar-refractivity contribution in [2.45, 2.75) is 105 Å². The first-order valence-electron chi connectivity index (χ1n) is 21.3. The Hall–Kier alpha value is -6.54. The van der Waals surface area contributed by atoms with Crippen LogP contribution in [0.4, 0.5) is 0 Å². The summed E-state index contributed by atoms with van der Waals surface area (Å²) in [6.07, 6.45) is 13.3. The van der Waals surface area contributed by atoms with E-state index < -0.39 is 0 Å². The van der Waals surface area contributed by atoms with Gasteiger partial charge in [0.25, 0.3) is 0 Å². The summed E-state index contributed by atoms with van der Waals surface area (Å²) in [4.78, 5) is 0. The highest BCUT2D eigenvalue weighted by atomic mass is 14.0. The van der Waals surface area contributed by atoms with Crippen molar-refractivity contribution in [2.75, 3.05) is 0 Å². The fourth-order valence-corrected chi connectivity index (χ4v) is 7.18. The standard InChI is InChI=1S/C58H50/c1-5-9-13-43-17-21-47-25-29-55-41-57-31-27-49-23-19-45(15-11-7-3)39-53(49)35-36-54-40-46(16-12-8-4)20-24-50(54)28-32-58(57)42-56(55)30-26-48-22-18-44(14-10-6-2)38-52(48)34-33-51(47)37-43/h17-24,37-42H,5-16H2,1-4H3. The third kappa shape index (κ3) is 10.1. The molecule has 58 heavy (non-hydrogen) atoms. The molecule has 0 bridgehead atoms. The number of fused-ring (bicyclic) bond motifs is 6. The van der Waals surface area contributed by atoms with Crippen LogP contribution in [0, 0.1) is 72.8 Å². The Balaban J connectivity index is 1.54. The molecular formula is C58H50. The van der Waals surface area contributed by atoms with Crippen molar-refractivity contribution in [1.82, 2.24) is 0 Å². The van der Waals surface area contributed by atoms with E-state index in [0.717, 1.165) is 142 Å². The van der Waals surface area contributed by atoms with Crippen molar-refractivity contribution < 1.29 is 0 Å². The van der Waals surface area contributed by atoms with Gasteiger partial charge >= 0.3 is 0 Å². The highest BCUT2D eigenvalue weighted by molar-refractivity contribution is 5.96. The molecule has 0 aliphatic rings. The summed E-state index contributed by atoms with van der Waals surface area (Å²) in [5.74, 6) is 0. The molecule has 0 aliphatic carbocycles. The minimum atomic E-state index is 0.820. The van der Waals surface area contributed by atoms with E-state index in [4.69, 9.17) is 0 Å². The van der Waals surface area contributed by atoms with Crippen molar-refractivity contribution in [2.24, 2.45) is 0 Å². The van der Waals surface area contributed by atoms with E-state index in [1.54, 1.807) is 0 Å². The van der Waals surface area contributed by atoms with E-state index in [2.05, 4.69) is 185 Å². The number of aryl methyl sites for hydroxylation is 4. The predicted octanol–water partition coefficient (Wildman–Crippen LogP) is 15.0. The van der Waals surface area contributed by atoms with E-state index in [0.29, 0.717) is 0 Å². The van der Waals surface area contributed by atoms with E-state index >= 15 is 0 Å². The largest absolute Gasteiger partial charge is 0.0654 e. The van der Waals surface area contributed by atoms with Gasteiger partial charge in [0.05, 0.1) is 0 Å². The van der Waals surface area contributed by atoms with Crippen molar-refractivity contribution >= 4 is 64.6 Å². The fraction of sp³-hybridized carbons (Fsp3) is 0.276. The van der Waals surface area contributed by atoms with Crippen molar-refractivity contribution in [1.29, 1.82) is 0 Å². The Morgan fingerprint density at radius 3 is 0.638 bits per heavy atom. The van der Waals surface area contributed by atoms with Crippen molar-refractivity contribution in [3.63, 3.8) is 0 Å². The summed E-state index contributed by atoms with van der Waals surface area (Å²) >= 11 is 0. The zero-order valence-corrected chi connectivity index (χ0v) is 34.6.